The van der Waals surface area contributed by atoms with Crippen LogP contribution in [0.4, 0.5) is 4.39 Å². The highest BCUT2D eigenvalue weighted by molar-refractivity contribution is 5.76. The fraction of sp³-hybridized carbons (Fsp3) is 0.417. The Bertz CT molecular complexity index is 411. The van der Waals surface area contributed by atoms with E-state index >= 15 is 0 Å². The summed E-state index contributed by atoms with van der Waals surface area (Å²) in [5.41, 5.74) is 6.30. The van der Waals surface area contributed by atoms with Gasteiger partial charge in [0.15, 0.2) is 0 Å². The molecule has 17 heavy (non-hydrogen) atoms. The molecule has 1 fully saturated rings. The summed E-state index contributed by atoms with van der Waals surface area (Å²) >= 11 is 0. The minimum Gasteiger partial charge on any atom is -0.465 e. The first-order chi connectivity index (χ1) is 8.22. The summed E-state index contributed by atoms with van der Waals surface area (Å²) < 4.78 is 18.4. The van der Waals surface area contributed by atoms with Gasteiger partial charge in [0.05, 0.1) is 12.6 Å². The summed E-state index contributed by atoms with van der Waals surface area (Å²) in [6.45, 7) is 2.11. The highest BCUT2D eigenvalue weighted by Gasteiger charge is 2.32. The lowest BCUT2D eigenvalue weighted by Gasteiger charge is -2.10. The first-order valence-corrected chi connectivity index (χ1v) is 5.64. The van der Waals surface area contributed by atoms with Crippen LogP contribution in [0.25, 0.3) is 0 Å². The van der Waals surface area contributed by atoms with Gasteiger partial charge in [-0.15, -0.1) is 0 Å². The maximum absolute atomic E-state index is 13.5. The Kier molecular flexibility index (Phi) is 3.71. The first-order valence-electron chi connectivity index (χ1n) is 5.64. The second-order valence-electron chi connectivity index (χ2n) is 3.90. The van der Waals surface area contributed by atoms with Gasteiger partial charge in [-0.3, -0.25) is 4.79 Å². The molecule has 2 N–H and O–H groups in total. The van der Waals surface area contributed by atoms with E-state index in [2.05, 4.69) is 10.9 Å². The average Bonchev–Trinajstić information content (AvgIpc) is 2.79. The fourth-order valence-corrected chi connectivity index (χ4v) is 1.92. The maximum Gasteiger partial charge on any atom is 0.324 e. The molecular formula is C12H15FN2O2. The summed E-state index contributed by atoms with van der Waals surface area (Å²) in [6, 6.07) is 5.92. The van der Waals surface area contributed by atoms with Gasteiger partial charge in [-0.25, -0.2) is 15.2 Å². The molecule has 4 nitrogen and oxygen atoms in total. The third-order valence-corrected chi connectivity index (χ3v) is 2.75. The number of carbonyl (C=O) groups is 1. The second kappa shape index (κ2) is 5.25. The Hall–Kier alpha value is -1.46. The molecule has 0 radical (unpaired) electrons. The molecule has 0 bridgehead atoms. The van der Waals surface area contributed by atoms with Crippen molar-refractivity contribution < 1.29 is 13.9 Å². The van der Waals surface area contributed by atoms with Gasteiger partial charge in [-0.1, -0.05) is 18.2 Å². The van der Waals surface area contributed by atoms with Crippen molar-refractivity contribution in [3.05, 3.63) is 35.6 Å². The molecular weight excluding hydrogens is 223 g/mol. The monoisotopic (exact) mass is 238 g/mol. The van der Waals surface area contributed by atoms with Crippen LogP contribution in [0.15, 0.2) is 24.3 Å². The smallest absolute Gasteiger partial charge is 0.324 e. The van der Waals surface area contributed by atoms with Crippen molar-refractivity contribution in [1.82, 2.24) is 10.9 Å². The highest BCUT2D eigenvalue weighted by atomic mass is 19.1. The van der Waals surface area contributed by atoms with E-state index in [1.807, 2.05) is 0 Å². The summed E-state index contributed by atoms with van der Waals surface area (Å²) in [4.78, 5) is 11.5. The van der Waals surface area contributed by atoms with Gasteiger partial charge in [-0.05, 0) is 19.4 Å². The van der Waals surface area contributed by atoms with E-state index in [1.54, 1.807) is 25.1 Å². The number of ether oxygens (including phenoxy) is 1. The van der Waals surface area contributed by atoms with Gasteiger partial charge < -0.3 is 4.74 Å². The lowest BCUT2D eigenvalue weighted by molar-refractivity contribution is -0.145. The van der Waals surface area contributed by atoms with Crippen molar-refractivity contribution in [2.24, 2.45) is 0 Å². The molecule has 0 aromatic heterocycles. The van der Waals surface area contributed by atoms with Gasteiger partial charge in [0.2, 0.25) is 0 Å². The number of hydrazine groups is 1. The van der Waals surface area contributed by atoms with E-state index in [0.29, 0.717) is 18.6 Å². The number of carbonyl (C=O) groups excluding carboxylic acids is 1. The molecule has 2 atom stereocenters. The summed E-state index contributed by atoms with van der Waals surface area (Å²) in [5.74, 6) is -0.574. The first kappa shape index (κ1) is 12.0. The van der Waals surface area contributed by atoms with Gasteiger partial charge >= 0.3 is 5.97 Å². The van der Waals surface area contributed by atoms with E-state index in [1.165, 1.54) is 6.07 Å². The van der Waals surface area contributed by atoms with E-state index in [9.17, 15) is 9.18 Å². The quantitative estimate of drug-likeness (QED) is 0.779. The van der Waals surface area contributed by atoms with Gasteiger partial charge in [0.25, 0.3) is 0 Å². The summed E-state index contributed by atoms with van der Waals surface area (Å²) in [5, 5.41) is 0. The summed E-state index contributed by atoms with van der Waals surface area (Å²) in [7, 11) is 0. The standard InChI is InChI=1S/C12H15FN2O2/c1-2-17-12(16)11-7-10(14-15-11)8-5-3-4-6-9(8)13/h3-6,10-11,14-15H,2,7H2,1H3. The molecule has 1 aliphatic rings. The molecule has 92 valence electrons. The third-order valence-electron chi connectivity index (χ3n) is 2.75. The molecule has 1 aromatic rings. The minimum atomic E-state index is -0.417. The second-order valence-corrected chi connectivity index (χ2v) is 3.90. The van der Waals surface area contributed by atoms with E-state index in [-0.39, 0.29) is 17.8 Å². The zero-order valence-electron chi connectivity index (χ0n) is 9.57. The highest BCUT2D eigenvalue weighted by Crippen LogP contribution is 2.24. The van der Waals surface area contributed by atoms with E-state index in [4.69, 9.17) is 4.74 Å². The van der Waals surface area contributed by atoms with Crippen molar-refractivity contribution in [1.29, 1.82) is 0 Å². The molecule has 1 heterocycles. The van der Waals surface area contributed by atoms with Gasteiger partial charge in [-0.2, -0.15) is 0 Å². The van der Waals surface area contributed by atoms with Crippen LogP contribution < -0.4 is 10.9 Å². The average molecular weight is 238 g/mol. The predicted octanol–water partition coefficient (Wildman–Crippen LogP) is 1.30. The number of benzene rings is 1. The normalized spacial score (nSPS) is 23.6. The van der Waals surface area contributed by atoms with Crippen LogP contribution in [-0.2, 0) is 9.53 Å². The number of hydrogen-bond donors (Lipinski definition) is 2. The lowest BCUT2D eigenvalue weighted by atomic mass is 10.0. The van der Waals surface area contributed by atoms with E-state index < -0.39 is 6.04 Å². The zero-order chi connectivity index (χ0) is 12.3. The van der Waals surface area contributed by atoms with Crippen molar-refractivity contribution in [3.63, 3.8) is 0 Å². The Morgan fingerprint density at radius 2 is 2.24 bits per heavy atom. The fourth-order valence-electron chi connectivity index (χ4n) is 1.92. The third kappa shape index (κ3) is 2.62. The van der Waals surface area contributed by atoms with Crippen molar-refractivity contribution in [2.45, 2.75) is 25.4 Å². The molecule has 0 spiro atoms. The van der Waals surface area contributed by atoms with Crippen molar-refractivity contribution >= 4 is 5.97 Å². The van der Waals surface area contributed by atoms with Crippen LogP contribution >= 0.6 is 0 Å². The van der Waals surface area contributed by atoms with Crippen LogP contribution in [0.3, 0.4) is 0 Å². The maximum atomic E-state index is 13.5. The number of hydrogen-bond acceptors (Lipinski definition) is 4. The van der Waals surface area contributed by atoms with E-state index in [0.717, 1.165) is 0 Å². The Morgan fingerprint density at radius 1 is 1.47 bits per heavy atom. The topological polar surface area (TPSA) is 50.4 Å². The largest absolute Gasteiger partial charge is 0.465 e. The number of nitrogens with one attached hydrogen (secondary N) is 2. The molecule has 0 aliphatic carbocycles. The van der Waals surface area contributed by atoms with Crippen LogP contribution in [0.5, 0.6) is 0 Å². The Labute approximate surface area is 99.1 Å². The number of esters is 1. The molecule has 0 amide bonds. The molecule has 1 saturated heterocycles. The van der Waals surface area contributed by atoms with Crippen molar-refractivity contribution in [2.75, 3.05) is 6.61 Å². The Morgan fingerprint density at radius 3 is 2.94 bits per heavy atom. The number of halogens is 1. The van der Waals surface area contributed by atoms with Crippen LogP contribution in [0.1, 0.15) is 24.9 Å². The minimum absolute atomic E-state index is 0.203. The molecule has 2 unspecified atom stereocenters. The zero-order valence-corrected chi connectivity index (χ0v) is 9.57. The number of rotatable bonds is 3. The van der Waals surface area contributed by atoms with Gasteiger partial charge in [0.1, 0.15) is 11.9 Å². The van der Waals surface area contributed by atoms with Crippen molar-refractivity contribution in [3.8, 4) is 0 Å². The lowest BCUT2D eigenvalue weighted by Crippen LogP contribution is -2.37. The van der Waals surface area contributed by atoms with Gasteiger partial charge in [0, 0.05) is 5.56 Å². The van der Waals surface area contributed by atoms with Crippen LogP contribution in [0.2, 0.25) is 0 Å². The van der Waals surface area contributed by atoms with Crippen LogP contribution in [-0.4, -0.2) is 18.6 Å². The molecule has 5 heteroatoms. The predicted molar refractivity (Wildman–Crippen MR) is 60.5 cm³/mol. The Balaban J connectivity index is 2.03. The SMILES string of the molecule is CCOC(=O)C1CC(c2ccccc2F)NN1. The molecule has 0 saturated carbocycles. The molecule has 1 aliphatic heterocycles. The summed E-state index contributed by atoms with van der Waals surface area (Å²) in [6.07, 6.45) is 0.486. The molecule has 2 rings (SSSR count). The molecule has 1 aromatic carbocycles. The van der Waals surface area contributed by atoms with Crippen LogP contribution in [0, 0.1) is 5.82 Å².